The van der Waals surface area contributed by atoms with Crippen molar-refractivity contribution in [1.82, 2.24) is 9.62 Å². The minimum atomic E-state index is -3.64. The van der Waals surface area contributed by atoms with Crippen molar-refractivity contribution in [2.24, 2.45) is 0 Å². The van der Waals surface area contributed by atoms with Crippen LogP contribution in [0.25, 0.3) is 0 Å². The average Bonchev–Trinajstić information content (AvgIpc) is 2.47. The Labute approximate surface area is 136 Å². The predicted molar refractivity (Wildman–Crippen MR) is 85.3 cm³/mol. The van der Waals surface area contributed by atoms with Gasteiger partial charge in [0.05, 0.1) is 11.3 Å². The summed E-state index contributed by atoms with van der Waals surface area (Å²) in [6, 6.07) is 7.74. The van der Waals surface area contributed by atoms with Gasteiger partial charge >= 0.3 is 5.97 Å². The van der Waals surface area contributed by atoms with Crippen LogP contribution in [0, 0.1) is 0 Å². The highest BCUT2D eigenvalue weighted by Crippen LogP contribution is 2.08. The first-order chi connectivity index (χ1) is 10.7. The van der Waals surface area contributed by atoms with Crippen LogP contribution in [-0.2, 0) is 19.6 Å². The molecule has 1 aromatic rings. The van der Waals surface area contributed by atoms with Crippen LogP contribution in [0.2, 0.25) is 0 Å². The molecule has 0 saturated heterocycles. The minimum absolute atomic E-state index is 0.0239. The second-order valence-corrected chi connectivity index (χ2v) is 7.05. The highest BCUT2D eigenvalue weighted by atomic mass is 32.2. The van der Waals surface area contributed by atoms with Crippen LogP contribution in [0.3, 0.4) is 0 Å². The number of carbonyl (C=O) groups excluding carboxylic acids is 1. The van der Waals surface area contributed by atoms with Crippen molar-refractivity contribution in [3.63, 3.8) is 0 Å². The molecule has 0 saturated carbocycles. The molecule has 0 aliphatic rings. The van der Waals surface area contributed by atoms with Gasteiger partial charge in [0, 0.05) is 25.6 Å². The summed E-state index contributed by atoms with van der Waals surface area (Å²) < 4.78 is 26.4. The van der Waals surface area contributed by atoms with Gasteiger partial charge in [-0.05, 0) is 26.0 Å². The fraction of sp³-hybridized carbons (Fsp3) is 0.467. The highest BCUT2D eigenvalue weighted by molar-refractivity contribution is 7.89. The number of rotatable bonds is 9. The Bertz CT molecular complexity index is 629. The summed E-state index contributed by atoms with van der Waals surface area (Å²) in [4.78, 5) is 24.3. The van der Waals surface area contributed by atoms with E-state index in [-0.39, 0.29) is 42.8 Å². The summed E-state index contributed by atoms with van der Waals surface area (Å²) in [6.45, 7) is 3.64. The summed E-state index contributed by atoms with van der Waals surface area (Å²) >= 11 is 0. The van der Waals surface area contributed by atoms with E-state index in [2.05, 4.69) is 4.72 Å². The Morgan fingerprint density at radius 3 is 2.30 bits per heavy atom. The summed E-state index contributed by atoms with van der Waals surface area (Å²) in [6.07, 6.45) is -0.163. The third-order valence-electron chi connectivity index (χ3n) is 3.19. The molecule has 128 valence electrons. The number of sulfonamides is 1. The van der Waals surface area contributed by atoms with Crippen LogP contribution < -0.4 is 4.72 Å². The van der Waals surface area contributed by atoms with Gasteiger partial charge in [-0.1, -0.05) is 18.2 Å². The molecule has 1 amide bonds. The summed E-state index contributed by atoms with van der Waals surface area (Å²) in [7, 11) is -3.64. The number of hydrogen-bond donors (Lipinski definition) is 2. The summed E-state index contributed by atoms with van der Waals surface area (Å²) in [5, 5.41) is 8.71. The molecular weight excluding hydrogens is 320 g/mol. The van der Waals surface area contributed by atoms with Crippen LogP contribution in [0.4, 0.5) is 0 Å². The number of nitrogens with one attached hydrogen (secondary N) is 1. The van der Waals surface area contributed by atoms with Crippen LogP contribution in [0.5, 0.6) is 0 Å². The fourth-order valence-corrected chi connectivity index (χ4v) is 3.06. The molecule has 8 heteroatoms. The van der Waals surface area contributed by atoms with E-state index >= 15 is 0 Å². The Kier molecular flexibility index (Phi) is 7.18. The zero-order chi connectivity index (χ0) is 17.5. The molecule has 0 heterocycles. The number of carboxylic acids is 1. The molecule has 0 bridgehead atoms. The molecular formula is C15H22N2O5S. The van der Waals surface area contributed by atoms with Gasteiger partial charge in [-0.3, -0.25) is 9.59 Å². The zero-order valence-corrected chi connectivity index (χ0v) is 14.0. The quantitative estimate of drug-likeness (QED) is 0.698. The molecule has 23 heavy (non-hydrogen) atoms. The van der Waals surface area contributed by atoms with Crippen LogP contribution >= 0.6 is 0 Å². The van der Waals surface area contributed by atoms with Gasteiger partial charge < -0.3 is 10.0 Å². The van der Waals surface area contributed by atoms with E-state index in [0.717, 1.165) is 0 Å². The SMILES string of the molecule is CC(C)N(CCC(=O)O)C(=O)CCNS(=O)(=O)c1ccccc1. The predicted octanol–water partition coefficient (Wildman–Crippen LogP) is 1.07. The molecule has 0 unspecified atom stereocenters. The number of nitrogens with zero attached hydrogens (tertiary/aromatic N) is 1. The Balaban J connectivity index is 2.56. The first-order valence-corrected chi connectivity index (χ1v) is 8.78. The molecule has 1 aromatic carbocycles. The van der Waals surface area contributed by atoms with Gasteiger partial charge in [0.15, 0.2) is 0 Å². The lowest BCUT2D eigenvalue weighted by Gasteiger charge is -2.26. The van der Waals surface area contributed by atoms with Gasteiger partial charge in [0.25, 0.3) is 0 Å². The van der Waals surface area contributed by atoms with E-state index in [4.69, 9.17) is 5.11 Å². The molecule has 2 N–H and O–H groups in total. The van der Waals surface area contributed by atoms with Gasteiger partial charge in [-0.25, -0.2) is 13.1 Å². The molecule has 0 radical (unpaired) electrons. The molecule has 0 aromatic heterocycles. The van der Waals surface area contributed by atoms with Gasteiger partial charge in [0.2, 0.25) is 15.9 Å². The van der Waals surface area contributed by atoms with Gasteiger partial charge in [-0.15, -0.1) is 0 Å². The normalized spacial score (nSPS) is 11.4. The highest BCUT2D eigenvalue weighted by Gasteiger charge is 2.19. The standard InChI is InChI=1S/C15H22N2O5S/c1-12(2)17(11-9-15(19)20)14(18)8-10-16-23(21,22)13-6-4-3-5-7-13/h3-7,12,16H,8-11H2,1-2H3,(H,19,20). The third kappa shape index (κ3) is 6.37. The first kappa shape index (κ1) is 19.1. The summed E-state index contributed by atoms with van der Waals surface area (Å²) in [5.74, 6) is -1.26. The minimum Gasteiger partial charge on any atom is -0.481 e. The Morgan fingerprint density at radius 1 is 1.17 bits per heavy atom. The number of benzene rings is 1. The summed E-state index contributed by atoms with van der Waals surface area (Å²) in [5.41, 5.74) is 0. The maximum atomic E-state index is 12.1. The topological polar surface area (TPSA) is 104 Å². The van der Waals surface area contributed by atoms with Crippen molar-refractivity contribution in [2.45, 2.75) is 37.6 Å². The number of aliphatic carboxylic acids is 1. The number of hydrogen-bond acceptors (Lipinski definition) is 4. The Morgan fingerprint density at radius 2 is 1.78 bits per heavy atom. The van der Waals surface area contributed by atoms with E-state index < -0.39 is 16.0 Å². The van der Waals surface area contributed by atoms with Crippen LogP contribution in [0.1, 0.15) is 26.7 Å². The van der Waals surface area contributed by atoms with Gasteiger partial charge in [-0.2, -0.15) is 0 Å². The van der Waals surface area contributed by atoms with Crippen LogP contribution in [0.15, 0.2) is 35.2 Å². The lowest BCUT2D eigenvalue weighted by molar-refractivity contribution is -0.139. The molecule has 1 rings (SSSR count). The van der Waals surface area contributed by atoms with E-state index in [1.165, 1.54) is 17.0 Å². The fourth-order valence-electron chi connectivity index (χ4n) is 2.01. The second-order valence-electron chi connectivity index (χ2n) is 5.29. The van der Waals surface area contributed by atoms with E-state index in [9.17, 15) is 18.0 Å². The molecule has 7 nitrogen and oxygen atoms in total. The average molecular weight is 342 g/mol. The first-order valence-electron chi connectivity index (χ1n) is 7.30. The molecule has 0 fully saturated rings. The van der Waals surface area contributed by atoms with Crippen molar-refractivity contribution >= 4 is 21.9 Å². The zero-order valence-electron chi connectivity index (χ0n) is 13.2. The molecule has 0 aliphatic heterocycles. The number of carbonyl (C=O) groups is 2. The van der Waals surface area contributed by atoms with Gasteiger partial charge in [0.1, 0.15) is 0 Å². The smallest absolute Gasteiger partial charge is 0.305 e. The monoisotopic (exact) mass is 342 g/mol. The lowest BCUT2D eigenvalue weighted by atomic mass is 10.2. The molecule has 0 atom stereocenters. The third-order valence-corrected chi connectivity index (χ3v) is 4.67. The van der Waals surface area contributed by atoms with Crippen LogP contribution in [-0.4, -0.2) is 49.4 Å². The van der Waals surface area contributed by atoms with Crippen molar-refractivity contribution < 1.29 is 23.1 Å². The molecule has 0 aliphatic carbocycles. The van der Waals surface area contributed by atoms with E-state index in [1.807, 2.05) is 0 Å². The second kappa shape index (κ2) is 8.64. The number of amides is 1. The largest absolute Gasteiger partial charge is 0.481 e. The maximum Gasteiger partial charge on any atom is 0.305 e. The Hall–Kier alpha value is -1.93. The van der Waals surface area contributed by atoms with E-state index in [0.29, 0.717) is 0 Å². The van der Waals surface area contributed by atoms with Crippen molar-refractivity contribution in [2.75, 3.05) is 13.1 Å². The van der Waals surface area contributed by atoms with Crippen molar-refractivity contribution in [1.29, 1.82) is 0 Å². The van der Waals surface area contributed by atoms with E-state index in [1.54, 1.807) is 32.0 Å². The lowest BCUT2D eigenvalue weighted by Crippen LogP contribution is -2.40. The van der Waals surface area contributed by atoms with Crippen molar-refractivity contribution in [3.05, 3.63) is 30.3 Å². The molecule has 0 spiro atoms. The van der Waals surface area contributed by atoms with Crippen molar-refractivity contribution in [3.8, 4) is 0 Å². The maximum absolute atomic E-state index is 12.1. The number of carboxylic acid groups (broad SMARTS) is 1.